The molecular formula is C15H12F2N4O3S. The SMILES string of the molecule is O=C(Cn1cnc2ccccc21)NNS(=O)(=O)c1c(F)cccc1F. The Balaban J connectivity index is 1.72. The maximum Gasteiger partial charge on any atom is 0.263 e. The molecule has 0 bridgehead atoms. The summed E-state index contributed by atoms with van der Waals surface area (Å²) in [5, 5.41) is 0. The molecule has 3 aromatic rings. The molecule has 1 aromatic heterocycles. The van der Waals surface area contributed by atoms with Crippen LogP contribution in [0.25, 0.3) is 11.0 Å². The molecule has 130 valence electrons. The van der Waals surface area contributed by atoms with E-state index in [4.69, 9.17) is 0 Å². The summed E-state index contributed by atoms with van der Waals surface area (Å²) in [6.45, 7) is -0.233. The number of sulfonamides is 1. The monoisotopic (exact) mass is 366 g/mol. The molecule has 7 nitrogen and oxygen atoms in total. The van der Waals surface area contributed by atoms with E-state index in [1.54, 1.807) is 29.1 Å². The van der Waals surface area contributed by atoms with Gasteiger partial charge in [0.15, 0.2) is 4.90 Å². The fourth-order valence-corrected chi connectivity index (χ4v) is 3.24. The van der Waals surface area contributed by atoms with Gasteiger partial charge in [-0.1, -0.05) is 18.2 Å². The van der Waals surface area contributed by atoms with Crippen LogP contribution in [0.1, 0.15) is 0 Å². The van der Waals surface area contributed by atoms with Crippen molar-refractivity contribution in [1.82, 2.24) is 19.8 Å². The van der Waals surface area contributed by atoms with E-state index in [-0.39, 0.29) is 6.54 Å². The number of fused-ring (bicyclic) bond motifs is 1. The number of imidazole rings is 1. The second-order valence-corrected chi connectivity index (χ2v) is 6.68. The zero-order valence-electron chi connectivity index (χ0n) is 12.6. The summed E-state index contributed by atoms with van der Waals surface area (Å²) in [7, 11) is -4.59. The summed E-state index contributed by atoms with van der Waals surface area (Å²) in [5.41, 5.74) is 3.27. The fraction of sp³-hybridized carbons (Fsp3) is 0.0667. The number of hydrogen-bond donors (Lipinski definition) is 2. The summed E-state index contributed by atoms with van der Waals surface area (Å²) in [4.78, 5) is 16.5. The smallest absolute Gasteiger partial charge is 0.263 e. The van der Waals surface area contributed by atoms with E-state index in [1.165, 1.54) is 10.9 Å². The lowest BCUT2D eigenvalue weighted by molar-refractivity contribution is -0.122. The normalized spacial score (nSPS) is 11.6. The summed E-state index contributed by atoms with van der Waals surface area (Å²) in [6.07, 6.45) is 1.43. The number of amides is 1. The van der Waals surface area contributed by atoms with Gasteiger partial charge >= 0.3 is 0 Å². The minimum absolute atomic E-state index is 0.233. The lowest BCUT2D eigenvalue weighted by Crippen LogP contribution is -2.43. The highest BCUT2D eigenvalue weighted by atomic mass is 32.2. The van der Waals surface area contributed by atoms with Gasteiger partial charge in [0.25, 0.3) is 15.9 Å². The number of hydrazine groups is 1. The molecule has 0 saturated carbocycles. The number of para-hydroxylation sites is 2. The van der Waals surface area contributed by atoms with Crippen LogP contribution < -0.4 is 10.3 Å². The summed E-state index contributed by atoms with van der Waals surface area (Å²) in [6, 6.07) is 9.70. The van der Waals surface area contributed by atoms with Gasteiger partial charge in [-0.3, -0.25) is 10.2 Å². The van der Waals surface area contributed by atoms with E-state index in [1.807, 2.05) is 5.43 Å². The first-order valence-corrected chi connectivity index (χ1v) is 8.51. The van der Waals surface area contributed by atoms with Crippen molar-refractivity contribution < 1.29 is 22.0 Å². The standard InChI is InChI=1S/C15H12F2N4O3S/c16-10-4-3-5-11(17)15(10)25(23,24)20-19-14(22)8-21-9-18-12-6-1-2-7-13(12)21/h1-7,9,20H,8H2,(H,19,22). The van der Waals surface area contributed by atoms with Gasteiger partial charge in [-0.05, 0) is 24.3 Å². The molecule has 0 aliphatic rings. The average molecular weight is 366 g/mol. The van der Waals surface area contributed by atoms with Crippen LogP contribution in [-0.2, 0) is 21.4 Å². The molecule has 0 unspecified atom stereocenters. The number of aromatic nitrogens is 2. The van der Waals surface area contributed by atoms with Gasteiger partial charge in [0.2, 0.25) is 0 Å². The Hall–Kier alpha value is -2.85. The molecule has 0 aliphatic heterocycles. The molecule has 2 aromatic carbocycles. The molecule has 2 N–H and O–H groups in total. The van der Waals surface area contributed by atoms with Crippen molar-refractivity contribution >= 4 is 27.0 Å². The third kappa shape index (κ3) is 3.49. The Bertz CT molecular complexity index is 1030. The Morgan fingerprint density at radius 3 is 2.48 bits per heavy atom. The second kappa shape index (κ2) is 6.57. The molecule has 1 amide bonds. The van der Waals surface area contributed by atoms with E-state index >= 15 is 0 Å². The number of rotatable bonds is 5. The quantitative estimate of drug-likeness (QED) is 0.666. The molecule has 1 heterocycles. The Kier molecular flexibility index (Phi) is 4.47. The number of carbonyl (C=O) groups excluding carboxylic acids is 1. The van der Waals surface area contributed by atoms with Crippen LogP contribution in [0.3, 0.4) is 0 Å². The maximum atomic E-state index is 13.6. The molecule has 3 rings (SSSR count). The average Bonchev–Trinajstić information content (AvgIpc) is 2.96. The number of benzene rings is 2. The lowest BCUT2D eigenvalue weighted by Gasteiger charge is -2.10. The highest BCUT2D eigenvalue weighted by Crippen LogP contribution is 2.17. The first kappa shape index (κ1) is 17.0. The highest BCUT2D eigenvalue weighted by molar-refractivity contribution is 7.89. The Morgan fingerprint density at radius 1 is 1.08 bits per heavy atom. The predicted octanol–water partition coefficient (Wildman–Crippen LogP) is 1.32. The van der Waals surface area contributed by atoms with Crippen molar-refractivity contribution in [2.75, 3.05) is 0 Å². The molecule has 0 saturated heterocycles. The molecular weight excluding hydrogens is 354 g/mol. The van der Waals surface area contributed by atoms with Crippen LogP contribution in [0, 0.1) is 11.6 Å². The van der Waals surface area contributed by atoms with Gasteiger partial charge in [0.05, 0.1) is 17.4 Å². The van der Waals surface area contributed by atoms with Crippen LogP contribution >= 0.6 is 0 Å². The van der Waals surface area contributed by atoms with Crippen molar-refractivity contribution in [2.45, 2.75) is 11.4 Å². The lowest BCUT2D eigenvalue weighted by atomic mass is 10.3. The first-order chi connectivity index (χ1) is 11.9. The van der Waals surface area contributed by atoms with E-state index < -0.39 is 32.5 Å². The molecule has 0 spiro atoms. The zero-order chi connectivity index (χ0) is 18.0. The Morgan fingerprint density at radius 2 is 1.76 bits per heavy atom. The number of nitrogens with zero attached hydrogens (tertiary/aromatic N) is 2. The third-order valence-electron chi connectivity index (χ3n) is 3.35. The van der Waals surface area contributed by atoms with Crippen molar-refractivity contribution in [3.63, 3.8) is 0 Å². The van der Waals surface area contributed by atoms with Gasteiger partial charge in [0, 0.05) is 0 Å². The summed E-state index contributed by atoms with van der Waals surface area (Å²) >= 11 is 0. The largest absolute Gasteiger partial charge is 0.321 e. The van der Waals surface area contributed by atoms with Crippen LogP contribution in [0.15, 0.2) is 53.7 Å². The second-order valence-electron chi connectivity index (χ2n) is 5.07. The number of hydrogen-bond acceptors (Lipinski definition) is 4. The van der Waals surface area contributed by atoms with Crippen LogP contribution in [-0.4, -0.2) is 23.9 Å². The molecule has 0 atom stereocenters. The van der Waals surface area contributed by atoms with Crippen molar-refractivity contribution in [1.29, 1.82) is 0 Å². The first-order valence-electron chi connectivity index (χ1n) is 7.03. The van der Waals surface area contributed by atoms with Gasteiger partial charge in [-0.15, -0.1) is 4.83 Å². The minimum Gasteiger partial charge on any atom is -0.321 e. The molecule has 25 heavy (non-hydrogen) atoms. The predicted molar refractivity (Wildman–Crippen MR) is 84.6 cm³/mol. The number of carbonyl (C=O) groups is 1. The van der Waals surface area contributed by atoms with Gasteiger partial charge < -0.3 is 4.57 Å². The summed E-state index contributed by atoms with van der Waals surface area (Å²) in [5.74, 6) is -3.26. The Labute approximate surface area is 141 Å². The molecule has 0 radical (unpaired) electrons. The third-order valence-corrected chi connectivity index (χ3v) is 4.65. The number of halogens is 2. The maximum absolute atomic E-state index is 13.6. The van der Waals surface area contributed by atoms with Gasteiger partial charge in [-0.25, -0.2) is 22.2 Å². The minimum atomic E-state index is -4.59. The highest BCUT2D eigenvalue weighted by Gasteiger charge is 2.24. The van der Waals surface area contributed by atoms with Gasteiger partial charge in [0.1, 0.15) is 18.2 Å². The van der Waals surface area contributed by atoms with Gasteiger partial charge in [-0.2, -0.15) is 0 Å². The van der Waals surface area contributed by atoms with Crippen molar-refractivity contribution in [3.05, 3.63) is 60.4 Å². The topological polar surface area (TPSA) is 93.1 Å². The van der Waals surface area contributed by atoms with E-state index in [0.29, 0.717) is 11.0 Å². The van der Waals surface area contributed by atoms with E-state index in [2.05, 4.69) is 4.98 Å². The van der Waals surface area contributed by atoms with Crippen LogP contribution in [0.4, 0.5) is 8.78 Å². The van der Waals surface area contributed by atoms with E-state index in [0.717, 1.165) is 18.2 Å². The van der Waals surface area contributed by atoms with Crippen molar-refractivity contribution in [3.8, 4) is 0 Å². The van der Waals surface area contributed by atoms with Crippen LogP contribution in [0.2, 0.25) is 0 Å². The molecule has 0 aliphatic carbocycles. The van der Waals surface area contributed by atoms with Crippen LogP contribution in [0.5, 0.6) is 0 Å². The zero-order valence-corrected chi connectivity index (χ0v) is 13.4. The van der Waals surface area contributed by atoms with E-state index in [9.17, 15) is 22.0 Å². The number of nitrogens with one attached hydrogen (secondary N) is 2. The molecule has 10 heteroatoms. The van der Waals surface area contributed by atoms with Crippen molar-refractivity contribution in [2.24, 2.45) is 0 Å². The summed E-state index contributed by atoms with van der Waals surface area (Å²) < 4.78 is 52.6. The molecule has 0 fully saturated rings. The fourth-order valence-electron chi connectivity index (χ4n) is 2.24.